The van der Waals surface area contributed by atoms with E-state index in [9.17, 15) is 13.9 Å². The molecule has 1 aromatic heterocycles. The van der Waals surface area contributed by atoms with E-state index in [0.29, 0.717) is 5.56 Å². The molecule has 2 aliphatic heterocycles. The van der Waals surface area contributed by atoms with Crippen molar-refractivity contribution in [1.29, 1.82) is 0 Å². The van der Waals surface area contributed by atoms with Crippen molar-refractivity contribution in [3.63, 3.8) is 0 Å². The number of aliphatic hydroxyl groups excluding tert-OH is 1. The number of nitrogens with zero attached hydrogens (tertiary/aromatic N) is 1. The number of hydrogen-bond donors (Lipinski definition) is 3. The average Bonchev–Trinajstić information content (AvgIpc) is 3.26. The summed E-state index contributed by atoms with van der Waals surface area (Å²) < 4.78 is 36.2. The van der Waals surface area contributed by atoms with Crippen molar-refractivity contribution < 1.29 is 23.4 Å². The number of nitrogens with one attached hydrogen (secondary N) is 2. The number of rotatable bonds is 6. The van der Waals surface area contributed by atoms with E-state index in [-0.39, 0.29) is 29.7 Å². The van der Waals surface area contributed by atoms with E-state index in [2.05, 4.69) is 20.4 Å². The number of ether oxygens (including phenoxy) is 2. The average molecular weight is 391 g/mol. The van der Waals surface area contributed by atoms with Crippen molar-refractivity contribution in [3.05, 3.63) is 42.2 Å². The van der Waals surface area contributed by atoms with Gasteiger partial charge in [-0.05, 0) is 56.6 Å². The molecule has 0 saturated carbocycles. The number of aromatic nitrogens is 1. The summed E-state index contributed by atoms with van der Waals surface area (Å²) in [4.78, 5) is 4.47. The monoisotopic (exact) mass is 391 g/mol. The number of fused-ring (bicyclic) bond motifs is 1. The summed E-state index contributed by atoms with van der Waals surface area (Å²) in [5.74, 6) is 0.0500. The predicted octanol–water partition coefficient (Wildman–Crippen LogP) is 2.84. The van der Waals surface area contributed by atoms with Crippen molar-refractivity contribution in [2.75, 3.05) is 20.2 Å². The molecule has 0 aliphatic carbocycles. The van der Waals surface area contributed by atoms with E-state index in [0.717, 1.165) is 37.1 Å². The molecule has 1 saturated heterocycles. The van der Waals surface area contributed by atoms with Crippen LogP contribution in [0.4, 0.5) is 8.78 Å². The van der Waals surface area contributed by atoms with Crippen LogP contribution < -0.4 is 20.1 Å². The van der Waals surface area contributed by atoms with E-state index < -0.39 is 6.29 Å². The number of aliphatic hydroxyl groups is 1. The minimum absolute atomic E-state index is 0.0145. The molecule has 4 rings (SSSR count). The van der Waals surface area contributed by atoms with Crippen LogP contribution in [-0.4, -0.2) is 42.1 Å². The maximum atomic E-state index is 13.5. The highest BCUT2D eigenvalue weighted by molar-refractivity contribution is 5.74. The Hall–Kier alpha value is -2.29. The van der Waals surface area contributed by atoms with Gasteiger partial charge in [0.05, 0.1) is 18.3 Å². The van der Waals surface area contributed by atoms with E-state index in [1.165, 1.54) is 6.07 Å². The van der Waals surface area contributed by atoms with Crippen molar-refractivity contribution >= 4 is 0 Å². The quantitative estimate of drug-likeness (QED) is 0.703. The summed E-state index contributed by atoms with van der Waals surface area (Å²) in [6.07, 6.45) is 0.487. The largest absolute Gasteiger partial charge is 0.586 e. The van der Waals surface area contributed by atoms with Gasteiger partial charge in [-0.25, -0.2) is 0 Å². The van der Waals surface area contributed by atoms with Crippen molar-refractivity contribution in [2.24, 2.45) is 0 Å². The normalized spacial score (nSPS) is 25.2. The first kappa shape index (κ1) is 19.0. The van der Waals surface area contributed by atoms with Gasteiger partial charge in [0, 0.05) is 17.3 Å². The molecule has 0 spiro atoms. The molecule has 2 atom stereocenters. The standard InChI is InChI=1S/C20H23F2N3O3/c1-23-10-8-19(12-26)7-5-15(25-19)16-11-13(6-9-24-16)14-3-2-4-17-18(14)28-20(21,22)27-17/h2-4,6,9,11,15,23,25-26H,5,7-8,10,12H2,1H3/t15-,19+/m1/s1. The topological polar surface area (TPSA) is 75.6 Å². The Morgan fingerprint density at radius 1 is 1.32 bits per heavy atom. The zero-order valence-corrected chi connectivity index (χ0v) is 15.5. The maximum absolute atomic E-state index is 13.5. The summed E-state index contributed by atoms with van der Waals surface area (Å²) >= 11 is 0. The van der Waals surface area contributed by atoms with Gasteiger partial charge < -0.3 is 25.2 Å². The molecule has 0 amide bonds. The molecule has 0 unspecified atom stereocenters. The summed E-state index contributed by atoms with van der Waals surface area (Å²) in [7, 11) is 1.89. The van der Waals surface area contributed by atoms with E-state index in [1.54, 1.807) is 24.4 Å². The third kappa shape index (κ3) is 3.55. The molecule has 3 N–H and O–H groups in total. The summed E-state index contributed by atoms with van der Waals surface area (Å²) in [5.41, 5.74) is 1.72. The molecule has 3 heterocycles. The minimum Gasteiger partial charge on any atom is -0.395 e. The van der Waals surface area contributed by atoms with E-state index in [1.807, 2.05) is 13.1 Å². The van der Waals surface area contributed by atoms with Crippen LogP contribution in [0.15, 0.2) is 36.5 Å². The van der Waals surface area contributed by atoms with Gasteiger partial charge in [0.15, 0.2) is 11.5 Å². The lowest BCUT2D eigenvalue weighted by molar-refractivity contribution is -0.286. The first-order valence-corrected chi connectivity index (χ1v) is 9.34. The Kier molecular flexibility index (Phi) is 4.95. The summed E-state index contributed by atoms with van der Waals surface area (Å²) in [6, 6.07) is 8.45. The highest BCUT2D eigenvalue weighted by Gasteiger charge is 2.44. The molecule has 0 radical (unpaired) electrons. The Labute approximate surface area is 161 Å². The second kappa shape index (κ2) is 7.27. The van der Waals surface area contributed by atoms with Crippen LogP contribution in [0.1, 0.15) is 31.0 Å². The fraction of sp³-hybridized carbons (Fsp3) is 0.450. The highest BCUT2D eigenvalue weighted by Crippen LogP contribution is 2.47. The fourth-order valence-corrected chi connectivity index (χ4v) is 3.92. The zero-order chi connectivity index (χ0) is 19.8. The summed E-state index contributed by atoms with van der Waals surface area (Å²) in [5, 5.41) is 16.5. The Bertz CT molecular complexity index is 864. The molecule has 2 aromatic rings. The predicted molar refractivity (Wildman–Crippen MR) is 99.3 cm³/mol. The Morgan fingerprint density at radius 2 is 2.18 bits per heavy atom. The fourth-order valence-electron chi connectivity index (χ4n) is 3.92. The molecule has 1 fully saturated rings. The van der Waals surface area contributed by atoms with Gasteiger partial charge in [0.1, 0.15) is 0 Å². The number of pyridine rings is 1. The van der Waals surface area contributed by atoms with Gasteiger partial charge in [0.2, 0.25) is 0 Å². The van der Waals surface area contributed by atoms with Crippen molar-refractivity contribution in [1.82, 2.24) is 15.6 Å². The number of hydrogen-bond acceptors (Lipinski definition) is 6. The van der Waals surface area contributed by atoms with Crippen LogP contribution in [-0.2, 0) is 0 Å². The lowest BCUT2D eigenvalue weighted by Crippen LogP contribution is -2.46. The molecule has 6 nitrogen and oxygen atoms in total. The van der Waals surface area contributed by atoms with E-state index in [4.69, 9.17) is 4.74 Å². The van der Waals surface area contributed by atoms with Crippen LogP contribution in [0.2, 0.25) is 0 Å². The number of alkyl halides is 2. The van der Waals surface area contributed by atoms with Gasteiger partial charge >= 0.3 is 6.29 Å². The second-order valence-corrected chi connectivity index (χ2v) is 7.30. The van der Waals surface area contributed by atoms with Gasteiger partial charge in [-0.1, -0.05) is 12.1 Å². The Morgan fingerprint density at radius 3 is 2.96 bits per heavy atom. The van der Waals surface area contributed by atoms with Gasteiger partial charge in [-0.2, -0.15) is 0 Å². The minimum atomic E-state index is -3.66. The number of halogens is 2. The highest BCUT2D eigenvalue weighted by atomic mass is 19.3. The molecular formula is C20H23F2N3O3. The van der Waals surface area contributed by atoms with Crippen molar-refractivity contribution in [3.8, 4) is 22.6 Å². The Balaban J connectivity index is 1.60. The lowest BCUT2D eigenvalue weighted by Gasteiger charge is -2.28. The van der Waals surface area contributed by atoms with Crippen LogP contribution in [0.5, 0.6) is 11.5 Å². The maximum Gasteiger partial charge on any atom is 0.586 e. The smallest absolute Gasteiger partial charge is 0.395 e. The van der Waals surface area contributed by atoms with Gasteiger partial charge in [-0.3, -0.25) is 4.98 Å². The molecule has 150 valence electrons. The van der Waals surface area contributed by atoms with Crippen LogP contribution in [0.3, 0.4) is 0 Å². The second-order valence-electron chi connectivity index (χ2n) is 7.30. The first-order chi connectivity index (χ1) is 13.5. The molecule has 1 aromatic carbocycles. The van der Waals surface area contributed by atoms with Crippen LogP contribution >= 0.6 is 0 Å². The number of benzene rings is 1. The van der Waals surface area contributed by atoms with E-state index >= 15 is 0 Å². The summed E-state index contributed by atoms with van der Waals surface area (Å²) in [6.45, 7) is 0.854. The molecule has 8 heteroatoms. The first-order valence-electron chi connectivity index (χ1n) is 9.34. The molecule has 0 bridgehead atoms. The van der Waals surface area contributed by atoms with Crippen LogP contribution in [0, 0.1) is 0 Å². The van der Waals surface area contributed by atoms with Gasteiger partial charge in [0.25, 0.3) is 0 Å². The SMILES string of the molecule is CNCC[C@]1(CO)CC[C@H](c2cc(-c3cccc4c3OC(F)(F)O4)ccn2)N1. The zero-order valence-electron chi connectivity index (χ0n) is 15.5. The molecule has 2 aliphatic rings. The van der Waals surface area contributed by atoms with Crippen molar-refractivity contribution in [2.45, 2.75) is 37.1 Å². The third-order valence-electron chi connectivity index (χ3n) is 5.43. The van der Waals surface area contributed by atoms with Crippen LogP contribution in [0.25, 0.3) is 11.1 Å². The molecule has 28 heavy (non-hydrogen) atoms. The third-order valence-corrected chi connectivity index (χ3v) is 5.43. The van der Waals surface area contributed by atoms with Gasteiger partial charge in [-0.15, -0.1) is 8.78 Å². The number of para-hydroxylation sites is 1. The molecular weight excluding hydrogens is 368 g/mol. The lowest BCUT2D eigenvalue weighted by atomic mass is 9.94.